The molecule has 2 heterocycles. The van der Waals surface area contributed by atoms with Gasteiger partial charge in [0.2, 0.25) is 10.0 Å². The first-order chi connectivity index (χ1) is 8.87. The Kier molecular flexibility index (Phi) is 4.99. The SMILES string of the molecule is CC1CCCN(S(=O)(=O)c2cc(CCl)sc2Br)C1C. The zero-order valence-electron chi connectivity index (χ0n) is 10.9. The number of halogens is 2. The fourth-order valence-corrected chi connectivity index (χ4v) is 6.89. The van der Waals surface area contributed by atoms with Crippen LogP contribution in [-0.2, 0) is 15.9 Å². The van der Waals surface area contributed by atoms with Crippen molar-refractivity contribution in [2.24, 2.45) is 5.92 Å². The average molecular weight is 387 g/mol. The molecule has 1 aromatic rings. The van der Waals surface area contributed by atoms with Crippen molar-refractivity contribution < 1.29 is 8.42 Å². The van der Waals surface area contributed by atoms with Gasteiger partial charge in [0.25, 0.3) is 0 Å². The summed E-state index contributed by atoms with van der Waals surface area (Å²) in [5, 5.41) is 0. The minimum atomic E-state index is -3.43. The highest BCUT2D eigenvalue weighted by atomic mass is 79.9. The summed E-state index contributed by atoms with van der Waals surface area (Å²) in [5.74, 6) is 0.735. The first-order valence-electron chi connectivity index (χ1n) is 6.24. The Labute approximate surface area is 132 Å². The summed E-state index contributed by atoms with van der Waals surface area (Å²) < 4.78 is 27.8. The number of thiophene rings is 1. The second-order valence-corrected chi connectivity index (χ2v) is 9.54. The fourth-order valence-electron chi connectivity index (χ4n) is 2.40. The molecule has 2 rings (SSSR count). The van der Waals surface area contributed by atoms with Crippen molar-refractivity contribution in [2.45, 2.75) is 43.5 Å². The standard InChI is InChI=1S/C12H17BrClNO2S2/c1-8-4-3-5-15(9(8)2)19(16,17)11-6-10(7-14)18-12(11)13/h6,8-9H,3-5,7H2,1-2H3. The van der Waals surface area contributed by atoms with Gasteiger partial charge < -0.3 is 0 Å². The third-order valence-electron chi connectivity index (χ3n) is 3.74. The van der Waals surface area contributed by atoms with E-state index in [0.717, 1.165) is 17.7 Å². The topological polar surface area (TPSA) is 37.4 Å². The lowest BCUT2D eigenvalue weighted by Gasteiger charge is -2.36. The smallest absolute Gasteiger partial charge is 0.207 e. The van der Waals surface area contributed by atoms with E-state index in [4.69, 9.17) is 11.6 Å². The number of sulfonamides is 1. The molecule has 19 heavy (non-hydrogen) atoms. The van der Waals surface area contributed by atoms with Crippen LogP contribution in [0.2, 0.25) is 0 Å². The highest BCUT2D eigenvalue weighted by Gasteiger charge is 2.36. The summed E-state index contributed by atoms with van der Waals surface area (Å²) in [6.07, 6.45) is 2.01. The van der Waals surface area contributed by atoms with Gasteiger partial charge in [0.15, 0.2) is 0 Å². The van der Waals surface area contributed by atoms with Crippen molar-refractivity contribution in [1.29, 1.82) is 0 Å². The van der Waals surface area contributed by atoms with Gasteiger partial charge in [-0.1, -0.05) is 6.92 Å². The predicted molar refractivity (Wildman–Crippen MR) is 83.3 cm³/mol. The van der Waals surface area contributed by atoms with E-state index in [2.05, 4.69) is 22.9 Å². The molecule has 2 unspecified atom stereocenters. The molecule has 1 aromatic heterocycles. The van der Waals surface area contributed by atoms with Crippen LogP contribution in [0.5, 0.6) is 0 Å². The maximum absolute atomic E-state index is 12.8. The lowest BCUT2D eigenvalue weighted by molar-refractivity contribution is 0.202. The van der Waals surface area contributed by atoms with Gasteiger partial charge in [-0.15, -0.1) is 22.9 Å². The minimum absolute atomic E-state index is 0.0463. The van der Waals surface area contributed by atoms with Gasteiger partial charge in [-0.25, -0.2) is 8.42 Å². The van der Waals surface area contributed by atoms with E-state index in [1.54, 1.807) is 10.4 Å². The fraction of sp³-hybridized carbons (Fsp3) is 0.667. The van der Waals surface area contributed by atoms with Crippen LogP contribution in [-0.4, -0.2) is 25.3 Å². The molecule has 0 saturated carbocycles. The van der Waals surface area contributed by atoms with Crippen molar-refractivity contribution in [2.75, 3.05) is 6.54 Å². The second kappa shape index (κ2) is 6.02. The Morgan fingerprint density at radius 3 is 2.79 bits per heavy atom. The van der Waals surface area contributed by atoms with Crippen molar-refractivity contribution >= 4 is 48.9 Å². The molecule has 1 aliphatic heterocycles. The van der Waals surface area contributed by atoms with Gasteiger partial charge in [0, 0.05) is 17.5 Å². The van der Waals surface area contributed by atoms with Crippen molar-refractivity contribution in [1.82, 2.24) is 4.31 Å². The first-order valence-corrected chi connectivity index (χ1v) is 9.82. The molecule has 0 aromatic carbocycles. The number of rotatable bonds is 3. The number of hydrogen-bond donors (Lipinski definition) is 0. The molecule has 0 bridgehead atoms. The molecule has 3 nitrogen and oxygen atoms in total. The molecule has 0 N–H and O–H groups in total. The third-order valence-corrected chi connectivity index (χ3v) is 8.43. The van der Waals surface area contributed by atoms with Crippen LogP contribution >= 0.6 is 38.9 Å². The normalized spacial score (nSPS) is 25.7. The van der Waals surface area contributed by atoms with Gasteiger partial charge in [-0.3, -0.25) is 0 Å². The van der Waals surface area contributed by atoms with E-state index in [-0.39, 0.29) is 6.04 Å². The molecule has 0 radical (unpaired) electrons. The van der Waals surface area contributed by atoms with Crippen molar-refractivity contribution in [3.8, 4) is 0 Å². The minimum Gasteiger partial charge on any atom is -0.207 e. The highest BCUT2D eigenvalue weighted by Crippen LogP contribution is 2.37. The molecular weight excluding hydrogens is 370 g/mol. The summed E-state index contributed by atoms with van der Waals surface area (Å²) in [7, 11) is -3.43. The Balaban J connectivity index is 2.38. The van der Waals surface area contributed by atoms with Gasteiger partial charge >= 0.3 is 0 Å². The number of alkyl halides is 1. The van der Waals surface area contributed by atoms with Gasteiger partial charge in [-0.05, 0) is 47.7 Å². The van der Waals surface area contributed by atoms with E-state index in [0.29, 0.717) is 27.0 Å². The van der Waals surface area contributed by atoms with Crippen LogP contribution in [0, 0.1) is 5.92 Å². The predicted octanol–water partition coefficient (Wildman–Crippen LogP) is 4.06. The average Bonchev–Trinajstić information content (AvgIpc) is 2.74. The molecule has 1 fully saturated rings. The van der Waals surface area contributed by atoms with E-state index in [1.807, 2.05) is 6.92 Å². The number of hydrogen-bond acceptors (Lipinski definition) is 3. The molecule has 1 saturated heterocycles. The summed E-state index contributed by atoms with van der Waals surface area (Å²) in [6.45, 7) is 4.70. The van der Waals surface area contributed by atoms with E-state index >= 15 is 0 Å². The van der Waals surface area contributed by atoms with Crippen LogP contribution < -0.4 is 0 Å². The van der Waals surface area contributed by atoms with Crippen LogP contribution in [0.1, 0.15) is 31.6 Å². The first kappa shape index (κ1) is 15.8. The van der Waals surface area contributed by atoms with Crippen LogP contribution in [0.15, 0.2) is 14.7 Å². The molecule has 0 spiro atoms. The maximum Gasteiger partial charge on any atom is 0.245 e. The summed E-state index contributed by atoms with van der Waals surface area (Å²) in [4.78, 5) is 1.22. The molecule has 7 heteroatoms. The van der Waals surface area contributed by atoms with Gasteiger partial charge in [0.1, 0.15) is 4.90 Å². The van der Waals surface area contributed by atoms with Crippen molar-refractivity contribution in [3.63, 3.8) is 0 Å². The molecule has 0 aliphatic carbocycles. The molecular formula is C12H17BrClNO2S2. The highest BCUT2D eigenvalue weighted by molar-refractivity contribution is 9.11. The summed E-state index contributed by atoms with van der Waals surface area (Å²) in [6, 6.07) is 1.73. The number of piperidine rings is 1. The zero-order chi connectivity index (χ0) is 14.2. The van der Waals surface area contributed by atoms with Crippen LogP contribution in [0.25, 0.3) is 0 Å². The monoisotopic (exact) mass is 385 g/mol. The molecule has 108 valence electrons. The van der Waals surface area contributed by atoms with Crippen LogP contribution in [0.4, 0.5) is 0 Å². The Morgan fingerprint density at radius 1 is 1.53 bits per heavy atom. The zero-order valence-corrected chi connectivity index (χ0v) is 14.9. The lowest BCUT2D eigenvalue weighted by atomic mass is 9.94. The van der Waals surface area contributed by atoms with Crippen molar-refractivity contribution in [3.05, 3.63) is 14.7 Å². The largest absolute Gasteiger partial charge is 0.245 e. The van der Waals surface area contributed by atoms with E-state index in [9.17, 15) is 8.42 Å². The Hall–Kier alpha value is 0.380. The van der Waals surface area contributed by atoms with Gasteiger partial charge in [0.05, 0.1) is 9.67 Å². The van der Waals surface area contributed by atoms with E-state index < -0.39 is 10.0 Å². The molecule has 0 amide bonds. The summed E-state index contributed by atoms with van der Waals surface area (Å²) >= 11 is 10.5. The van der Waals surface area contributed by atoms with E-state index in [1.165, 1.54) is 11.3 Å². The molecule has 1 aliphatic rings. The molecule has 2 atom stereocenters. The second-order valence-electron chi connectivity index (χ2n) is 4.96. The Morgan fingerprint density at radius 2 is 2.21 bits per heavy atom. The number of nitrogens with zero attached hydrogens (tertiary/aromatic N) is 1. The van der Waals surface area contributed by atoms with Crippen LogP contribution in [0.3, 0.4) is 0 Å². The summed E-state index contributed by atoms with van der Waals surface area (Å²) in [5.41, 5.74) is 0. The quantitative estimate of drug-likeness (QED) is 0.735. The maximum atomic E-state index is 12.8. The third kappa shape index (κ3) is 3.02. The Bertz CT molecular complexity index is 558. The van der Waals surface area contributed by atoms with Gasteiger partial charge in [-0.2, -0.15) is 4.31 Å². The lowest BCUT2D eigenvalue weighted by Crippen LogP contribution is -2.45.